The zero-order chi connectivity index (χ0) is 14.0. The molecule has 0 radical (unpaired) electrons. The number of amides is 1. The van der Waals surface area contributed by atoms with E-state index in [9.17, 15) is 4.79 Å². The molecule has 0 heterocycles. The van der Waals surface area contributed by atoms with Gasteiger partial charge < -0.3 is 5.32 Å². The molecule has 2 nitrogen and oxygen atoms in total. The molecule has 0 fully saturated rings. The first kappa shape index (κ1) is 14.7. The van der Waals surface area contributed by atoms with E-state index in [1.54, 1.807) is 36.4 Å². The Bertz CT molecular complexity index is 649. The van der Waals surface area contributed by atoms with E-state index >= 15 is 0 Å². The second kappa shape index (κ2) is 6.18. The molecule has 0 unspecified atom stereocenters. The molecule has 1 N–H and O–H groups in total. The summed E-state index contributed by atoms with van der Waals surface area (Å²) in [4.78, 5) is 12.8. The van der Waals surface area contributed by atoms with Crippen LogP contribution in [0.25, 0.3) is 0 Å². The third-order valence-corrected chi connectivity index (χ3v) is 4.19. The van der Waals surface area contributed by atoms with Crippen molar-refractivity contribution in [1.29, 1.82) is 0 Å². The van der Waals surface area contributed by atoms with Gasteiger partial charge in [-0.05, 0) is 52.3 Å². The van der Waals surface area contributed by atoms with E-state index in [2.05, 4.69) is 33.9 Å². The van der Waals surface area contributed by atoms with E-state index in [4.69, 9.17) is 23.2 Å². The first-order valence-electron chi connectivity index (χ1n) is 5.22. The Labute approximate surface area is 134 Å². The topological polar surface area (TPSA) is 29.1 Å². The van der Waals surface area contributed by atoms with Gasteiger partial charge in [-0.25, -0.2) is 0 Å². The fourth-order valence-electron chi connectivity index (χ4n) is 1.46. The lowest BCUT2D eigenvalue weighted by atomic mass is 10.2. The van der Waals surface area contributed by atoms with Gasteiger partial charge in [0.2, 0.25) is 0 Å². The molecular weight excluding hydrogens is 369 g/mol. The molecular formula is C13H8BrCl2NOS. The number of thiol groups is 1. The first-order chi connectivity index (χ1) is 8.97. The molecule has 0 spiro atoms. The van der Waals surface area contributed by atoms with Crippen LogP contribution in [-0.4, -0.2) is 5.91 Å². The Kier molecular flexibility index (Phi) is 4.79. The van der Waals surface area contributed by atoms with E-state index in [0.717, 1.165) is 0 Å². The standard InChI is InChI=1S/C13H8BrCl2NOS/c14-10-5-7(1-3-12(10)16)17-13(18)9-6-8(19)2-4-11(9)15/h1-6,19H,(H,17,18). The highest BCUT2D eigenvalue weighted by molar-refractivity contribution is 9.10. The fraction of sp³-hybridized carbons (Fsp3) is 0. The molecule has 0 aliphatic heterocycles. The van der Waals surface area contributed by atoms with E-state index in [0.29, 0.717) is 30.7 Å². The van der Waals surface area contributed by atoms with Gasteiger partial charge in [-0.1, -0.05) is 23.2 Å². The van der Waals surface area contributed by atoms with Crippen molar-refractivity contribution in [3.63, 3.8) is 0 Å². The number of benzene rings is 2. The highest BCUT2D eigenvalue weighted by atomic mass is 79.9. The first-order valence-corrected chi connectivity index (χ1v) is 7.22. The SMILES string of the molecule is O=C(Nc1ccc(Cl)c(Br)c1)c1cc(S)ccc1Cl. The van der Waals surface area contributed by atoms with Crippen molar-refractivity contribution in [2.75, 3.05) is 5.32 Å². The van der Waals surface area contributed by atoms with Crippen molar-refractivity contribution in [3.8, 4) is 0 Å². The molecule has 0 aliphatic rings. The van der Waals surface area contributed by atoms with Crippen molar-refractivity contribution >= 4 is 63.4 Å². The lowest BCUT2D eigenvalue weighted by Gasteiger charge is -2.08. The van der Waals surface area contributed by atoms with Crippen LogP contribution < -0.4 is 5.32 Å². The van der Waals surface area contributed by atoms with Gasteiger partial charge >= 0.3 is 0 Å². The van der Waals surface area contributed by atoms with Crippen LogP contribution in [0.4, 0.5) is 5.69 Å². The van der Waals surface area contributed by atoms with Crippen LogP contribution in [0.2, 0.25) is 10.0 Å². The normalized spacial score (nSPS) is 10.3. The molecule has 98 valence electrons. The number of rotatable bonds is 2. The third-order valence-electron chi connectivity index (χ3n) is 2.37. The summed E-state index contributed by atoms with van der Waals surface area (Å²) in [5.74, 6) is -0.296. The maximum Gasteiger partial charge on any atom is 0.257 e. The molecule has 0 saturated heterocycles. The summed E-state index contributed by atoms with van der Waals surface area (Å²) in [7, 11) is 0. The summed E-state index contributed by atoms with van der Waals surface area (Å²) in [5.41, 5.74) is 1.00. The number of hydrogen-bond acceptors (Lipinski definition) is 2. The average molecular weight is 377 g/mol. The molecule has 2 rings (SSSR count). The van der Waals surface area contributed by atoms with Gasteiger partial charge in [0.15, 0.2) is 0 Å². The summed E-state index contributed by atoms with van der Waals surface area (Å²) >= 11 is 19.4. The molecule has 2 aromatic rings. The molecule has 0 aliphatic carbocycles. The van der Waals surface area contributed by atoms with E-state index in [1.165, 1.54) is 0 Å². The molecule has 0 aromatic heterocycles. The number of carbonyl (C=O) groups excluding carboxylic acids is 1. The van der Waals surface area contributed by atoms with E-state index < -0.39 is 0 Å². The average Bonchev–Trinajstić information content (AvgIpc) is 2.36. The van der Waals surface area contributed by atoms with Crippen LogP contribution in [0.15, 0.2) is 45.8 Å². The summed E-state index contributed by atoms with van der Waals surface area (Å²) in [6, 6.07) is 10.1. The van der Waals surface area contributed by atoms with E-state index in [-0.39, 0.29) is 5.91 Å². The molecule has 0 saturated carbocycles. The Morgan fingerprint density at radius 2 is 1.79 bits per heavy atom. The zero-order valence-corrected chi connectivity index (χ0v) is 13.4. The predicted molar refractivity (Wildman–Crippen MR) is 85.8 cm³/mol. The Morgan fingerprint density at radius 3 is 2.47 bits per heavy atom. The van der Waals surface area contributed by atoms with E-state index in [1.807, 2.05) is 0 Å². The Balaban J connectivity index is 2.25. The van der Waals surface area contributed by atoms with Crippen LogP contribution >= 0.6 is 51.8 Å². The Morgan fingerprint density at radius 1 is 1.11 bits per heavy atom. The highest BCUT2D eigenvalue weighted by Crippen LogP contribution is 2.26. The van der Waals surface area contributed by atoms with Crippen LogP contribution in [0.3, 0.4) is 0 Å². The molecule has 1 amide bonds. The summed E-state index contributed by atoms with van der Waals surface area (Å²) in [6.07, 6.45) is 0. The minimum atomic E-state index is -0.296. The quantitative estimate of drug-likeness (QED) is 0.684. The summed E-state index contributed by atoms with van der Waals surface area (Å²) in [6.45, 7) is 0. The van der Waals surface area contributed by atoms with Crippen molar-refractivity contribution < 1.29 is 4.79 Å². The van der Waals surface area contributed by atoms with Gasteiger partial charge in [0, 0.05) is 15.1 Å². The minimum Gasteiger partial charge on any atom is -0.322 e. The van der Waals surface area contributed by atoms with Crippen molar-refractivity contribution in [2.24, 2.45) is 0 Å². The number of halogens is 3. The molecule has 6 heteroatoms. The molecule has 0 atom stereocenters. The maximum absolute atomic E-state index is 12.1. The number of anilines is 1. The highest BCUT2D eigenvalue weighted by Gasteiger charge is 2.11. The van der Waals surface area contributed by atoms with Crippen LogP contribution in [0.1, 0.15) is 10.4 Å². The second-order valence-electron chi connectivity index (χ2n) is 3.75. The van der Waals surface area contributed by atoms with Crippen LogP contribution in [0.5, 0.6) is 0 Å². The monoisotopic (exact) mass is 375 g/mol. The van der Waals surface area contributed by atoms with Crippen LogP contribution in [-0.2, 0) is 0 Å². The number of nitrogens with one attached hydrogen (secondary N) is 1. The van der Waals surface area contributed by atoms with Crippen molar-refractivity contribution in [3.05, 3.63) is 56.5 Å². The largest absolute Gasteiger partial charge is 0.322 e. The van der Waals surface area contributed by atoms with Gasteiger partial charge in [-0.15, -0.1) is 12.6 Å². The smallest absolute Gasteiger partial charge is 0.257 e. The number of carbonyl (C=O) groups is 1. The summed E-state index contributed by atoms with van der Waals surface area (Å²) < 4.78 is 0.709. The molecule has 19 heavy (non-hydrogen) atoms. The zero-order valence-electron chi connectivity index (χ0n) is 9.45. The lowest BCUT2D eigenvalue weighted by Crippen LogP contribution is -2.12. The fourth-order valence-corrected chi connectivity index (χ4v) is 2.36. The van der Waals surface area contributed by atoms with Gasteiger partial charge in [0.05, 0.1) is 15.6 Å². The maximum atomic E-state index is 12.1. The van der Waals surface area contributed by atoms with Crippen molar-refractivity contribution in [1.82, 2.24) is 0 Å². The van der Waals surface area contributed by atoms with Gasteiger partial charge in [-0.3, -0.25) is 4.79 Å². The van der Waals surface area contributed by atoms with Gasteiger partial charge in [0.25, 0.3) is 5.91 Å². The minimum absolute atomic E-state index is 0.296. The van der Waals surface area contributed by atoms with Crippen molar-refractivity contribution in [2.45, 2.75) is 4.90 Å². The lowest BCUT2D eigenvalue weighted by molar-refractivity contribution is 0.102. The summed E-state index contributed by atoms with van der Waals surface area (Å²) in [5, 5.41) is 3.70. The number of hydrogen-bond donors (Lipinski definition) is 2. The van der Waals surface area contributed by atoms with Crippen LogP contribution in [0, 0.1) is 0 Å². The molecule has 0 bridgehead atoms. The Hall–Kier alpha value is -0.680. The second-order valence-corrected chi connectivity index (χ2v) is 5.93. The predicted octanol–water partition coefficient (Wildman–Crippen LogP) is 5.30. The van der Waals surface area contributed by atoms with Gasteiger partial charge in [0.1, 0.15) is 0 Å². The third kappa shape index (κ3) is 3.66. The molecule has 2 aromatic carbocycles. The van der Waals surface area contributed by atoms with Gasteiger partial charge in [-0.2, -0.15) is 0 Å².